The van der Waals surface area contributed by atoms with Crippen molar-refractivity contribution >= 4 is 23.5 Å². The number of allylic oxidation sites excluding steroid dienone is 3. The third-order valence-electron chi connectivity index (χ3n) is 11.5. The summed E-state index contributed by atoms with van der Waals surface area (Å²) in [6, 6.07) is 6.70. The number of ether oxygens (including phenoxy) is 2. The average Bonchev–Trinajstić information content (AvgIpc) is 3.89. The lowest BCUT2D eigenvalue weighted by Crippen LogP contribution is -2.52. The minimum Gasteiger partial charge on any atom is -0.463 e. The van der Waals surface area contributed by atoms with Gasteiger partial charge >= 0.3 is 5.97 Å². The predicted molar refractivity (Wildman–Crippen MR) is 196 cm³/mol. The van der Waals surface area contributed by atoms with Crippen molar-refractivity contribution in [2.24, 2.45) is 22.6 Å². The van der Waals surface area contributed by atoms with Crippen LogP contribution in [-0.4, -0.2) is 79.6 Å². The second-order valence-electron chi connectivity index (χ2n) is 14.7. The number of ketones is 2. The van der Waals surface area contributed by atoms with E-state index in [1.165, 1.54) is 5.57 Å². The minimum absolute atomic E-state index is 0.0317. The zero-order valence-electron chi connectivity index (χ0n) is 29.8. The van der Waals surface area contributed by atoms with Crippen LogP contribution in [0.1, 0.15) is 79.5 Å². The molecule has 0 amide bonds. The molecular weight excluding hydrogens is 644 g/mol. The molecule has 1 aromatic carbocycles. The van der Waals surface area contributed by atoms with E-state index in [1.807, 2.05) is 19.1 Å². The van der Waals surface area contributed by atoms with Gasteiger partial charge in [0.1, 0.15) is 0 Å². The smallest absolute Gasteiger partial charge is 0.350 e. The zero-order valence-corrected chi connectivity index (χ0v) is 29.8. The summed E-state index contributed by atoms with van der Waals surface area (Å²) in [6.45, 7) is 6.36. The van der Waals surface area contributed by atoms with Crippen molar-refractivity contribution in [3.05, 3.63) is 94.4 Å². The average molecular weight is 695 g/mol. The number of nitrogens with zero attached hydrogens (tertiary/aromatic N) is 1. The quantitative estimate of drug-likeness (QED) is 0.106. The van der Waals surface area contributed by atoms with Crippen LogP contribution in [0.15, 0.2) is 88.3 Å². The molecule has 270 valence electrons. The van der Waals surface area contributed by atoms with Gasteiger partial charge in [-0.25, -0.2) is 4.79 Å². The number of rotatable bonds is 10. The molecule has 0 saturated carbocycles. The lowest BCUT2D eigenvalue weighted by Gasteiger charge is -2.37. The van der Waals surface area contributed by atoms with E-state index in [4.69, 9.17) is 15.2 Å². The Morgan fingerprint density at radius 1 is 1.20 bits per heavy atom. The van der Waals surface area contributed by atoms with Gasteiger partial charge in [0.25, 0.3) is 5.60 Å². The van der Waals surface area contributed by atoms with Crippen LogP contribution in [0.25, 0.3) is 0 Å². The van der Waals surface area contributed by atoms with Gasteiger partial charge in [0.15, 0.2) is 17.3 Å². The van der Waals surface area contributed by atoms with Gasteiger partial charge in [0, 0.05) is 49.6 Å². The minimum atomic E-state index is -2.02. The fourth-order valence-electron chi connectivity index (χ4n) is 8.85. The molecule has 51 heavy (non-hydrogen) atoms. The molecule has 3 aliphatic carbocycles. The van der Waals surface area contributed by atoms with Gasteiger partial charge in [0.2, 0.25) is 5.78 Å². The summed E-state index contributed by atoms with van der Waals surface area (Å²) in [4.78, 5) is 47.2. The molecule has 6 atom stereocenters. The van der Waals surface area contributed by atoms with E-state index in [0.29, 0.717) is 30.7 Å². The molecule has 6 N–H and O–H groups in total. The Balaban J connectivity index is 1.16. The Labute approximate surface area is 300 Å². The van der Waals surface area contributed by atoms with Crippen LogP contribution in [0.3, 0.4) is 0 Å². The number of benzene rings is 1. The molecule has 0 unspecified atom stereocenters. The first-order chi connectivity index (χ1) is 24.7. The van der Waals surface area contributed by atoms with Crippen LogP contribution in [0.5, 0.6) is 0 Å². The first kappa shape index (κ1) is 34.9. The Morgan fingerprint density at radius 3 is 2.76 bits per heavy atom. The molecule has 1 aromatic rings. The number of nitrogens with one attached hydrogen (secondary N) is 4. The number of carbonyl (C=O) groups excluding carboxylic acids is 3. The maximum Gasteiger partial charge on any atom is 0.350 e. The molecular formula is C40H50N6O5. The SMILES string of the molecule is CCN[C@@H]1C=C2C=CCC[C@H]2C[C@H]1COC(=O)[C@]12O[C@@]1(C/C=C(\C)C[C@]1(C3=CCNC(N)=C3)CCCNC(=NC)N1)C(=O)c1ccccc1C2=O. The molecule has 2 saturated heterocycles. The Hall–Kier alpha value is -4.48. The Kier molecular flexibility index (Phi) is 9.54. The number of aliphatic imine (C=N–C) groups is 1. The van der Waals surface area contributed by atoms with E-state index in [-0.39, 0.29) is 41.9 Å². The zero-order chi connectivity index (χ0) is 35.8. The third-order valence-corrected chi connectivity index (χ3v) is 11.5. The van der Waals surface area contributed by atoms with Crippen molar-refractivity contribution in [3.8, 4) is 0 Å². The van der Waals surface area contributed by atoms with Gasteiger partial charge < -0.3 is 36.5 Å². The standard InChI is InChI=1S/C40H50N6O5/c1-4-43-32-21-27-11-6-5-10-26(27)20-28(32)24-50-36(49)40-35(48)31-13-8-7-12-30(31)34(47)39(40,51-40)17-14-25(2)23-38(29-15-19-44-33(41)22-29)16-9-18-45-37(42-3)46-38/h6-8,11-15,21-22,26,28,32,43-44H,4-5,9-10,16-20,23-24,41H2,1-3H3,(H2,42,45,46)/b25-14+/t26-,28-,32+,38-,39-,40-/m0/s1. The third kappa shape index (κ3) is 6.14. The number of guanidine groups is 1. The predicted octanol–water partition coefficient (Wildman–Crippen LogP) is 3.76. The number of epoxide rings is 1. The number of carbonyl (C=O) groups is 3. The van der Waals surface area contributed by atoms with Crippen LogP contribution in [0.2, 0.25) is 0 Å². The summed E-state index contributed by atoms with van der Waals surface area (Å²) in [5, 5.41) is 13.7. The number of Topliss-reactive ketones (excluding diaryl/α,β-unsaturated/α-hetero) is 2. The molecule has 3 aliphatic heterocycles. The van der Waals surface area contributed by atoms with Crippen molar-refractivity contribution in [2.45, 2.75) is 81.6 Å². The van der Waals surface area contributed by atoms with E-state index in [1.54, 1.807) is 31.3 Å². The van der Waals surface area contributed by atoms with Crippen LogP contribution >= 0.6 is 0 Å². The molecule has 6 aliphatic rings. The molecule has 2 fully saturated rings. The van der Waals surface area contributed by atoms with Crippen molar-refractivity contribution in [2.75, 3.05) is 33.3 Å². The highest BCUT2D eigenvalue weighted by Gasteiger charge is 2.85. The first-order valence-corrected chi connectivity index (χ1v) is 18.4. The van der Waals surface area contributed by atoms with Crippen molar-refractivity contribution < 1.29 is 23.9 Å². The highest BCUT2D eigenvalue weighted by Crippen LogP contribution is 2.58. The van der Waals surface area contributed by atoms with E-state index in [2.05, 4.69) is 57.5 Å². The lowest BCUT2D eigenvalue weighted by atomic mass is 9.72. The molecule has 3 heterocycles. The number of hydrogen-bond acceptors (Lipinski definition) is 9. The van der Waals surface area contributed by atoms with E-state index in [0.717, 1.165) is 56.3 Å². The van der Waals surface area contributed by atoms with Crippen LogP contribution in [0, 0.1) is 11.8 Å². The fourth-order valence-corrected chi connectivity index (χ4v) is 8.85. The largest absolute Gasteiger partial charge is 0.463 e. The topological polar surface area (TPSA) is 159 Å². The number of dihydropyridines is 1. The summed E-state index contributed by atoms with van der Waals surface area (Å²) >= 11 is 0. The van der Waals surface area contributed by atoms with Gasteiger partial charge in [-0.15, -0.1) is 0 Å². The number of hydrogen-bond donors (Lipinski definition) is 5. The van der Waals surface area contributed by atoms with E-state index >= 15 is 0 Å². The van der Waals surface area contributed by atoms with Gasteiger partial charge in [-0.2, -0.15) is 0 Å². The number of esters is 1. The van der Waals surface area contributed by atoms with Crippen molar-refractivity contribution in [3.63, 3.8) is 0 Å². The molecule has 11 heteroatoms. The van der Waals surface area contributed by atoms with Crippen LogP contribution in [-0.2, 0) is 14.3 Å². The summed E-state index contributed by atoms with van der Waals surface area (Å²) in [7, 11) is 1.75. The molecule has 11 nitrogen and oxygen atoms in total. The molecule has 0 spiro atoms. The summed E-state index contributed by atoms with van der Waals surface area (Å²) < 4.78 is 12.3. The lowest BCUT2D eigenvalue weighted by molar-refractivity contribution is -0.150. The monoisotopic (exact) mass is 694 g/mol. The van der Waals surface area contributed by atoms with Crippen LogP contribution in [0.4, 0.5) is 0 Å². The second kappa shape index (κ2) is 13.9. The number of fused-ring (bicyclic) bond motifs is 3. The summed E-state index contributed by atoms with van der Waals surface area (Å²) in [6.07, 6.45) is 18.0. The Bertz CT molecular complexity index is 1790. The molecule has 0 radical (unpaired) electrons. The van der Waals surface area contributed by atoms with Gasteiger partial charge in [0.05, 0.1) is 18.0 Å². The fraction of sp³-hybridized carbons (Fsp3) is 0.500. The highest BCUT2D eigenvalue weighted by atomic mass is 16.7. The summed E-state index contributed by atoms with van der Waals surface area (Å²) in [5.74, 6) is 0.0672. The summed E-state index contributed by atoms with van der Waals surface area (Å²) in [5.41, 5.74) is 5.83. The van der Waals surface area contributed by atoms with Crippen LogP contribution < -0.4 is 27.0 Å². The van der Waals surface area contributed by atoms with Gasteiger partial charge in [-0.05, 0) is 75.1 Å². The molecule has 7 rings (SSSR count). The van der Waals surface area contributed by atoms with E-state index in [9.17, 15) is 14.4 Å². The van der Waals surface area contributed by atoms with E-state index < -0.39 is 28.5 Å². The normalized spacial score (nSPS) is 33.5. The maximum absolute atomic E-state index is 14.3. The van der Waals surface area contributed by atoms with Gasteiger partial charge in [-0.1, -0.05) is 67.1 Å². The molecule has 0 bridgehead atoms. The Morgan fingerprint density at radius 2 is 2.00 bits per heavy atom. The number of nitrogens with two attached hydrogens (primary N) is 1. The van der Waals surface area contributed by atoms with Gasteiger partial charge in [-0.3, -0.25) is 14.6 Å². The molecule has 0 aromatic heterocycles. The van der Waals surface area contributed by atoms with Crippen molar-refractivity contribution in [1.82, 2.24) is 21.3 Å². The number of likely N-dealkylation sites (N-methyl/N-ethyl adjacent to an activating group) is 1. The highest BCUT2D eigenvalue weighted by molar-refractivity contribution is 6.32. The second-order valence-corrected chi connectivity index (χ2v) is 14.7. The first-order valence-electron chi connectivity index (χ1n) is 18.4. The van der Waals surface area contributed by atoms with Crippen molar-refractivity contribution in [1.29, 1.82) is 0 Å². The maximum atomic E-state index is 14.3.